The fraction of sp³-hybridized carbons (Fsp3) is 0.318. The summed E-state index contributed by atoms with van der Waals surface area (Å²) in [6.07, 6.45) is 6.78. The average molecular weight is 464 g/mol. The number of methoxy groups -OCH3 is 1. The molecular weight excluding hydrogens is 437 g/mol. The van der Waals surface area contributed by atoms with E-state index in [0.29, 0.717) is 19.4 Å². The molecule has 3 aromatic rings. The fourth-order valence-electron chi connectivity index (χ4n) is 3.70. The van der Waals surface area contributed by atoms with Crippen LogP contribution < -0.4 is 10.6 Å². The third-order valence-electron chi connectivity index (χ3n) is 5.42. The number of benzene rings is 1. The number of piperidine rings is 1. The van der Waals surface area contributed by atoms with Crippen LogP contribution >= 0.6 is 24.8 Å². The van der Waals surface area contributed by atoms with Crippen molar-refractivity contribution in [1.82, 2.24) is 25.4 Å². The SMILES string of the molecule is COC1(C(=O)NCc2cn(-c3ccccc3)nc2-c2ccncc2)CCNCC1.Cl.Cl. The predicted molar refractivity (Wildman–Crippen MR) is 125 cm³/mol. The van der Waals surface area contributed by atoms with Gasteiger partial charge in [0.15, 0.2) is 0 Å². The molecule has 0 radical (unpaired) electrons. The fourth-order valence-corrected chi connectivity index (χ4v) is 3.70. The van der Waals surface area contributed by atoms with Crippen molar-refractivity contribution < 1.29 is 9.53 Å². The molecule has 0 saturated carbocycles. The second-order valence-electron chi connectivity index (χ2n) is 7.15. The van der Waals surface area contributed by atoms with Gasteiger partial charge in [-0.3, -0.25) is 9.78 Å². The zero-order valence-corrected chi connectivity index (χ0v) is 18.9. The molecule has 1 aliphatic rings. The van der Waals surface area contributed by atoms with E-state index in [0.717, 1.165) is 35.6 Å². The quantitative estimate of drug-likeness (QED) is 0.586. The first-order valence-corrected chi connectivity index (χ1v) is 9.80. The van der Waals surface area contributed by atoms with Crippen molar-refractivity contribution in [3.05, 3.63) is 66.6 Å². The Balaban J connectivity index is 0.00000171. The maximum atomic E-state index is 12.9. The van der Waals surface area contributed by atoms with Gasteiger partial charge in [-0.1, -0.05) is 18.2 Å². The number of amides is 1. The summed E-state index contributed by atoms with van der Waals surface area (Å²) in [5.74, 6) is -0.0744. The molecule has 1 amide bonds. The Hall–Kier alpha value is -2.45. The molecule has 1 fully saturated rings. The molecule has 0 atom stereocenters. The molecule has 0 spiro atoms. The van der Waals surface area contributed by atoms with Crippen LogP contribution in [-0.2, 0) is 16.1 Å². The number of ether oxygens (including phenoxy) is 1. The lowest BCUT2D eigenvalue weighted by Gasteiger charge is -2.34. The van der Waals surface area contributed by atoms with Crippen molar-refractivity contribution in [3.63, 3.8) is 0 Å². The van der Waals surface area contributed by atoms with Crippen LogP contribution in [0.15, 0.2) is 61.1 Å². The number of nitrogens with one attached hydrogen (secondary N) is 2. The number of aromatic nitrogens is 3. The second kappa shape index (κ2) is 11.2. The Morgan fingerprint density at radius 1 is 1.13 bits per heavy atom. The number of hydrogen-bond acceptors (Lipinski definition) is 5. The molecule has 2 aromatic heterocycles. The molecule has 9 heteroatoms. The summed E-state index contributed by atoms with van der Waals surface area (Å²) in [4.78, 5) is 17.0. The van der Waals surface area contributed by atoms with Crippen LogP contribution in [0, 0.1) is 0 Å². The number of pyridine rings is 1. The number of nitrogens with zero attached hydrogens (tertiary/aromatic N) is 3. The van der Waals surface area contributed by atoms with E-state index in [2.05, 4.69) is 15.6 Å². The molecule has 1 saturated heterocycles. The zero-order chi connectivity index (χ0) is 20.1. The summed E-state index contributed by atoms with van der Waals surface area (Å²) in [6.45, 7) is 1.92. The van der Waals surface area contributed by atoms with E-state index in [1.54, 1.807) is 19.5 Å². The van der Waals surface area contributed by atoms with Gasteiger partial charge >= 0.3 is 0 Å². The number of carbonyl (C=O) groups excluding carboxylic acids is 1. The summed E-state index contributed by atoms with van der Waals surface area (Å²) in [7, 11) is 1.61. The number of hydrogen-bond donors (Lipinski definition) is 2. The Bertz CT molecular complexity index is 961. The molecule has 1 aliphatic heterocycles. The largest absolute Gasteiger partial charge is 0.368 e. The Morgan fingerprint density at radius 3 is 2.45 bits per heavy atom. The number of carbonyl (C=O) groups is 1. The van der Waals surface area contributed by atoms with Crippen LogP contribution in [0.3, 0.4) is 0 Å². The van der Waals surface area contributed by atoms with Crippen LogP contribution in [0.2, 0.25) is 0 Å². The molecule has 166 valence electrons. The standard InChI is InChI=1S/C22H25N5O2.2ClH/c1-29-22(9-13-24-14-10-22)21(28)25-15-18-16-27(19-5-3-2-4-6-19)26-20(18)17-7-11-23-12-8-17;;/h2-8,11-12,16,24H,9-10,13-15H2,1H3,(H,25,28);2*1H. The Labute approximate surface area is 194 Å². The lowest BCUT2D eigenvalue weighted by Crippen LogP contribution is -2.53. The second-order valence-corrected chi connectivity index (χ2v) is 7.15. The van der Waals surface area contributed by atoms with E-state index in [4.69, 9.17) is 9.84 Å². The minimum Gasteiger partial charge on any atom is -0.368 e. The van der Waals surface area contributed by atoms with Crippen LogP contribution in [0.5, 0.6) is 0 Å². The maximum absolute atomic E-state index is 12.9. The average Bonchev–Trinajstić information content (AvgIpc) is 3.23. The highest BCUT2D eigenvalue weighted by Crippen LogP contribution is 2.25. The van der Waals surface area contributed by atoms with E-state index in [9.17, 15) is 4.79 Å². The van der Waals surface area contributed by atoms with Crippen LogP contribution in [0.4, 0.5) is 0 Å². The number of halogens is 2. The molecule has 0 unspecified atom stereocenters. The highest BCUT2D eigenvalue weighted by molar-refractivity contribution is 5.86. The zero-order valence-electron chi connectivity index (χ0n) is 17.3. The van der Waals surface area contributed by atoms with E-state index < -0.39 is 5.60 Å². The molecule has 4 rings (SSSR count). The molecule has 1 aromatic carbocycles. The maximum Gasteiger partial charge on any atom is 0.252 e. The van der Waals surface area contributed by atoms with Crippen molar-refractivity contribution >= 4 is 30.7 Å². The molecule has 2 N–H and O–H groups in total. The molecule has 3 heterocycles. The number of rotatable bonds is 6. The van der Waals surface area contributed by atoms with Gasteiger partial charge in [0.2, 0.25) is 0 Å². The normalized spacial score (nSPS) is 14.7. The summed E-state index contributed by atoms with van der Waals surface area (Å²) < 4.78 is 7.48. The van der Waals surface area contributed by atoms with E-state index in [1.165, 1.54) is 0 Å². The summed E-state index contributed by atoms with van der Waals surface area (Å²) >= 11 is 0. The smallest absolute Gasteiger partial charge is 0.252 e. The van der Waals surface area contributed by atoms with Gasteiger partial charge in [0.1, 0.15) is 5.60 Å². The van der Waals surface area contributed by atoms with Crippen molar-refractivity contribution in [1.29, 1.82) is 0 Å². The first kappa shape index (κ1) is 24.8. The highest BCUT2D eigenvalue weighted by Gasteiger charge is 2.39. The minimum atomic E-state index is -0.766. The van der Waals surface area contributed by atoms with Crippen LogP contribution in [0.25, 0.3) is 16.9 Å². The predicted octanol–water partition coefficient (Wildman–Crippen LogP) is 3.16. The van der Waals surface area contributed by atoms with Gasteiger partial charge in [0.25, 0.3) is 5.91 Å². The van der Waals surface area contributed by atoms with E-state index >= 15 is 0 Å². The summed E-state index contributed by atoms with van der Waals surface area (Å²) in [5, 5.41) is 11.1. The van der Waals surface area contributed by atoms with Crippen molar-refractivity contribution in [2.24, 2.45) is 0 Å². The third-order valence-corrected chi connectivity index (χ3v) is 5.42. The topological polar surface area (TPSA) is 81.1 Å². The molecule has 0 bridgehead atoms. The monoisotopic (exact) mass is 463 g/mol. The van der Waals surface area contributed by atoms with Crippen molar-refractivity contribution in [2.75, 3.05) is 20.2 Å². The van der Waals surface area contributed by atoms with Gasteiger partial charge in [-0.15, -0.1) is 24.8 Å². The van der Waals surface area contributed by atoms with Gasteiger partial charge in [0.05, 0.1) is 11.4 Å². The van der Waals surface area contributed by atoms with Gasteiger partial charge < -0.3 is 15.4 Å². The molecule has 7 nitrogen and oxygen atoms in total. The lowest BCUT2D eigenvalue weighted by molar-refractivity contribution is -0.146. The summed E-state index contributed by atoms with van der Waals surface area (Å²) in [5.41, 5.74) is 2.92. The van der Waals surface area contributed by atoms with Crippen LogP contribution in [-0.4, -0.2) is 46.5 Å². The lowest BCUT2D eigenvalue weighted by atomic mass is 9.91. The van der Waals surface area contributed by atoms with Gasteiger partial charge in [-0.25, -0.2) is 4.68 Å². The van der Waals surface area contributed by atoms with Gasteiger partial charge in [-0.05, 0) is 50.2 Å². The van der Waals surface area contributed by atoms with E-state index in [1.807, 2.05) is 53.3 Å². The number of para-hydroxylation sites is 1. The van der Waals surface area contributed by atoms with Gasteiger partial charge in [0, 0.05) is 43.4 Å². The van der Waals surface area contributed by atoms with Gasteiger partial charge in [-0.2, -0.15) is 5.10 Å². The summed E-state index contributed by atoms with van der Waals surface area (Å²) in [6, 6.07) is 13.8. The molecule has 0 aliphatic carbocycles. The third kappa shape index (κ3) is 5.43. The van der Waals surface area contributed by atoms with Crippen molar-refractivity contribution in [2.45, 2.75) is 25.0 Å². The molecular formula is C22H27Cl2N5O2. The Kier molecular flexibility index (Phi) is 9.00. The Morgan fingerprint density at radius 2 is 1.81 bits per heavy atom. The van der Waals surface area contributed by atoms with Crippen LogP contribution in [0.1, 0.15) is 18.4 Å². The first-order chi connectivity index (χ1) is 14.2. The van der Waals surface area contributed by atoms with E-state index in [-0.39, 0.29) is 30.7 Å². The first-order valence-electron chi connectivity index (χ1n) is 9.80. The highest BCUT2D eigenvalue weighted by atomic mass is 35.5. The molecule has 31 heavy (non-hydrogen) atoms. The minimum absolute atomic E-state index is 0. The van der Waals surface area contributed by atoms with Crippen molar-refractivity contribution in [3.8, 4) is 16.9 Å².